The third kappa shape index (κ3) is 6.12. The zero-order chi connectivity index (χ0) is 15.1. The molecule has 1 saturated carbocycles. The second-order valence-corrected chi connectivity index (χ2v) is 6.38. The second-order valence-electron chi connectivity index (χ2n) is 6.38. The van der Waals surface area contributed by atoms with Gasteiger partial charge in [0.05, 0.1) is 12.3 Å². The van der Waals surface area contributed by atoms with Crippen molar-refractivity contribution in [3.8, 4) is 0 Å². The van der Waals surface area contributed by atoms with Crippen LogP contribution in [0.2, 0.25) is 0 Å². The Morgan fingerprint density at radius 2 is 2.19 bits per heavy atom. The number of aromatic nitrogens is 1. The van der Waals surface area contributed by atoms with Crippen molar-refractivity contribution in [1.29, 1.82) is 0 Å². The van der Waals surface area contributed by atoms with Gasteiger partial charge in [-0.3, -0.25) is 9.88 Å². The number of methoxy groups -OCH3 is 1. The molecule has 1 aliphatic rings. The molecule has 0 atom stereocenters. The van der Waals surface area contributed by atoms with Crippen molar-refractivity contribution in [1.82, 2.24) is 15.2 Å². The Morgan fingerprint density at radius 1 is 1.38 bits per heavy atom. The fraction of sp³-hybridized carbons (Fsp3) is 0.706. The highest BCUT2D eigenvalue weighted by molar-refractivity contribution is 5.14. The van der Waals surface area contributed by atoms with Crippen molar-refractivity contribution in [2.45, 2.75) is 45.8 Å². The van der Waals surface area contributed by atoms with E-state index in [9.17, 15) is 0 Å². The minimum Gasteiger partial charge on any atom is -0.383 e. The lowest BCUT2D eigenvalue weighted by atomic mass is 10.2. The minimum atomic E-state index is 0.685. The van der Waals surface area contributed by atoms with E-state index in [0.717, 1.165) is 44.5 Å². The molecule has 1 N–H and O–H groups in total. The van der Waals surface area contributed by atoms with Gasteiger partial charge in [-0.1, -0.05) is 19.9 Å². The first-order valence-electron chi connectivity index (χ1n) is 8.06. The first-order chi connectivity index (χ1) is 10.2. The second kappa shape index (κ2) is 8.47. The van der Waals surface area contributed by atoms with Crippen LogP contribution < -0.4 is 5.32 Å². The average Bonchev–Trinajstić information content (AvgIpc) is 3.29. The molecule has 0 aliphatic heterocycles. The van der Waals surface area contributed by atoms with Crippen LogP contribution in [0.25, 0.3) is 0 Å². The number of hydrogen-bond acceptors (Lipinski definition) is 4. The Bertz CT molecular complexity index is 401. The quantitative estimate of drug-likeness (QED) is 0.718. The summed E-state index contributed by atoms with van der Waals surface area (Å²) in [4.78, 5) is 7.10. The van der Waals surface area contributed by atoms with Gasteiger partial charge >= 0.3 is 0 Å². The van der Waals surface area contributed by atoms with E-state index < -0.39 is 0 Å². The molecule has 4 nitrogen and oxygen atoms in total. The summed E-state index contributed by atoms with van der Waals surface area (Å²) < 4.78 is 5.20. The van der Waals surface area contributed by atoms with Crippen LogP contribution in [0.15, 0.2) is 18.3 Å². The molecular weight excluding hydrogens is 262 g/mol. The summed E-state index contributed by atoms with van der Waals surface area (Å²) >= 11 is 0. The molecule has 0 spiro atoms. The van der Waals surface area contributed by atoms with Crippen LogP contribution in [0.5, 0.6) is 0 Å². The van der Waals surface area contributed by atoms with E-state index >= 15 is 0 Å². The Kier molecular flexibility index (Phi) is 6.61. The van der Waals surface area contributed by atoms with E-state index in [1.165, 1.54) is 18.4 Å². The topological polar surface area (TPSA) is 37.4 Å². The summed E-state index contributed by atoms with van der Waals surface area (Å²) in [6.07, 6.45) is 4.64. The first kappa shape index (κ1) is 16.4. The zero-order valence-electron chi connectivity index (χ0n) is 13.6. The molecule has 2 rings (SSSR count). The lowest BCUT2D eigenvalue weighted by molar-refractivity contribution is 0.139. The van der Waals surface area contributed by atoms with E-state index in [1.807, 2.05) is 6.20 Å². The molecule has 0 unspecified atom stereocenters. The van der Waals surface area contributed by atoms with Crippen molar-refractivity contribution >= 4 is 0 Å². The summed E-state index contributed by atoms with van der Waals surface area (Å²) in [7, 11) is 1.77. The van der Waals surface area contributed by atoms with Crippen molar-refractivity contribution in [3.63, 3.8) is 0 Å². The molecule has 1 aromatic rings. The lowest BCUT2D eigenvalue weighted by Gasteiger charge is -2.21. The highest BCUT2D eigenvalue weighted by atomic mass is 16.5. The number of hydrogen-bond donors (Lipinski definition) is 1. The Balaban J connectivity index is 1.80. The molecule has 118 valence electrons. The van der Waals surface area contributed by atoms with E-state index in [2.05, 4.69) is 41.2 Å². The Labute approximate surface area is 128 Å². The van der Waals surface area contributed by atoms with Gasteiger partial charge in [0.1, 0.15) is 0 Å². The summed E-state index contributed by atoms with van der Waals surface area (Å²) in [5.41, 5.74) is 2.42. The highest BCUT2D eigenvalue weighted by Crippen LogP contribution is 2.27. The summed E-state index contributed by atoms with van der Waals surface area (Å²) in [5.74, 6) is 0.685. The third-order valence-electron chi connectivity index (χ3n) is 3.78. The molecule has 1 aliphatic carbocycles. The fourth-order valence-electron chi connectivity index (χ4n) is 2.41. The molecule has 4 heteroatoms. The maximum Gasteiger partial charge on any atom is 0.0589 e. The van der Waals surface area contributed by atoms with Gasteiger partial charge in [0, 0.05) is 39.0 Å². The van der Waals surface area contributed by atoms with Gasteiger partial charge in [-0.2, -0.15) is 0 Å². The molecule has 21 heavy (non-hydrogen) atoms. The number of pyridine rings is 1. The molecule has 1 heterocycles. The molecule has 1 fully saturated rings. The standard InChI is InChI=1S/C17H29N3O/c1-14(2)10-18-11-15-4-5-16(19-12-15)13-20(8-9-21-3)17-6-7-17/h4-5,12,14,17-18H,6-11,13H2,1-3H3. The monoisotopic (exact) mass is 291 g/mol. The molecule has 0 amide bonds. The van der Waals surface area contributed by atoms with E-state index in [4.69, 9.17) is 4.74 Å². The van der Waals surface area contributed by atoms with Gasteiger partial charge in [-0.25, -0.2) is 0 Å². The fourth-order valence-corrected chi connectivity index (χ4v) is 2.41. The predicted octanol–water partition coefficient (Wildman–Crippen LogP) is 2.44. The van der Waals surface area contributed by atoms with Crippen molar-refractivity contribution in [2.24, 2.45) is 5.92 Å². The number of rotatable bonds is 10. The largest absolute Gasteiger partial charge is 0.383 e. The normalized spacial score (nSPS) is 15.1. The van der Waals surface area contributed by atoms with Gasteiger partial charge in [-0.05, 0) is 36.9 Å². The Morgan fingerprint density at radius 3 is 2.76 bits per heavy atom. The van der Waals surface area contributed by atoms with E-state index in [1.54, 1.807) is 7.11 Å². The number of ether oxygens (including phenoxy) is 1. The molecule has 1 aromatic heterocycles. The summed E-state index contributed by atoms with van der Waals surface area (Å²) in [6, 6.07) is 5.10. The first-order valence-corrected chi connectivity index (χ1v) is 8.06. The van der Waals surface area contributed by atoms with E-state index in [0.29, 0.717) is 5.92 Å². The average molecular weight is 291 g/mol. The molecule has 0 bridgehead atoms. The smallest absolute Gasteiger partial charge is 0.0589 e. The number of nitrogens with zero attached hydrogens (tertiary/aromatic N) is 2. The van der Waals surface area contributed by atoms with Gasteiger partial charge < -0.3 is 10.1 Å². The van der Waals surface area contributed by atoms with Gasteiger partial charge in [0.15, 0.2) is 0 Å². The zero-order valence-corrected chi connectivity index (χ0v) is 13.6. The van der Waals surface area contributed by atoms with Gasteiger partial charge in [0.25, 0.3) is 0 Å². The summed E-state index contributed by atoms with van der Waals surface area (Å²) in [6.45, 7) is 9.14. The van der Waals surface area contributed by atoms with Crippen LogP contribution in [0, 0.1) is 5.92 Å². The third-order valence-corrected chi connectivity index (χ3v) is 3.78. The van der Waals surface area contributed by atoms with Crippen molar-refractivity contribution < 1.29 is 4.74 Å². The highest BCUT2D eigenvalue weighted by Gasteiger charge is 2.28. The minimum absolute atomic E-state index is 0.685. The van der Waals surface area contributed by atoms with Crippen molar-refractivity contribution in [2.75, 3.05) is 26.8 Å². The van der Waals surface area contributed by atoms with Crippen LogP contribution >= 0.6 is 0 Å². The number of nitrogens with one attached hydrogen (secondary N) is 1. The van der Waals surface area contributed by atoms with Crippen molar-refractivity contribution in [3.05, 3.63) is 29.6 Å². The van der Waals surface area contributed by atoms with E-state index in [-0.39, 0.29) is 0 Å². The summed E-state index contributed by atoms with van der Waals surface area (Å²) in [5, 5.41) is 3.45. The lowest BCUT2D eigenvalue weighted by Crippen LogP contribution is -2.29. The maximum atomic E-state index is 5.20. The Hall–Kier alpha value is -0.970. The van der Waals surface area contributed by atoms with Crippen LogP contribution in [0.4, 0.5) is 0 Å². The predicted molar refractivity (Wildman–Crippen MR) is 86.1 cm³/mol. The van der Waals surface area contributed by atoms with Gasteiger partial charge in [-0.15, -0.1) is 0 Å². The molecular formula is C17H29N3O. The van der Waals surface area contributed by atoms with Crippen LogP contribution in [0.1, 0.15) is 37.9 Å². The van der Waals surface area contributed by atoms with Crippen LogP contribution in [0.3, 0.4) is 0 Å². The molecule has 0 aromatic carbocycles. The van der Waals surface area contributed by atoms with Gasteiger partial charge in [0.2, 0.25) is 0 Å². The van der Waals surface area contributed by atoms with Crippen LogP contribution in [-0.4, -0.2) is 42.7 Å². The molecule has 0 saturated heterocycles. The SMILES string of the molecule is COCCN(Cc1ccc(CNCC(C)C)cn1)C1CC1. The van der Waals surface area contributed by atoms with Crippen LogP contribution in [-0.2, 0) is 17.8 Å². The molecule has 0 radical (unpaired) electrons. The maximum absolute atomic E-state index is 5.20.